The van der Waals surface area contributed by atoms with Crippen molar-refractivity contribution in [2.24, 2.45) is 0 Å². The minimum absolute atomic E-state index is 0.398. The van der Waals surface area contributed by atoms with Crippen LogP contribution in [-0.2, 0) is 6.42 Å². The lowest BCUT2D eigenvalue weighted by Crippen LogP contribution is -2.22. The summed E-state index contributed by atoms with van der Waals surface area (Å²) in [4.78, 5) is 1.31. The van der Waals surface area contributed by atoms with Crippen molar-refractivity contribution in [3.05, 3.63) is 64.1 Å². The van der Waals surface area contributed by atoms with Crippen LogP contribution in [0.4, 0.5) is 0 Å². The maximum atomic E-state index is 3.59. The van der Waals surface area contributed by atoms with Gasteiger partial charge in [0.15, 0.2) is 0 Å². The van der Waals surface area contributed by atoms with Gasteiger partial charge < -0.3 is 5.32 Å². The van der Waals surface area contributed by atoms with Gasteiger partial charge in [-0.3, -0.25) is 0 Å². The molecule has 2 aromatic carbocycles. The van der Waals surface area contributed by atoms with Crippen LogP contribution in [-0.4, -0.2) is 12.3 Å². The van der Waals surface area contributed by atoms with E-state index >= 15 is 0 Å². The van der Waals surface area contributed by atoms with E-state index in [0.717, 1.165) is 23.2 Å². The molecule has 2 aromatic rings. The number of rotatable bonds is 7. The molecule has 0 aliphatic heterocycles. The zero-order valence-corrected chi connectivity index (χ0v) is 15.0. The summed E-state index contributed by atoms with van der Waals surface area (Å²) in [6.45, 7) is 5.35. The van der Waals surface area contributed by atoms with Crippen LogP contribution in [0.1, 0.15) is 31.0 Å². The second-order valence-electron chi connectivity index (χ2n) is 4.97. The van der Waals surface area contributed by atoms with Crippen LogP contribution in [0.15, 0.2) is 57.9 Å². The van der Waals surface area contributed by atoms with E-state index in [4.69, 9.17) is 0 Å². The lowest BCUT2D eigenvalue weighted by atomic mass is 10.1. The fourth-order valence-electron chi connectivity index (χ4n) is 2.22. The third-order valence-corrected chi connectivity index (χ3v) is 5.11. The number of halogens is 1. The third-order valence-electron chi connectivity index (χ3n) is 3.47. The standard InChI is InChI=1S/C18H22BrNS/c1-3-14-5-7-15(8-6-14)18(20-4-2)13-21-17-11-9-16(19)10-12-17/h5-12,18,20H,3-4,13H2,1-2H3. The number of benzene rings is 2. The summed E-state index contributed by atoms with van der Waals surface area (Å²) in [7, 11) is 0. The molecular weight excluding hydrogens is 342 g/mol. The van der Waals surface area contributed by atoms with Crippen molar-refractivity contribution in [3.8, 4) is 0 Å². The Labute approximate surface area is 140 Å². The average molecular weight is 364 g/mol. The predicted octanol–water partition coefficient (Wildman–Crippen LogP) is 5.45. The van der Waals surface area contributed by atoms with E-state index in [-0.39, 0.29) is 0 Å². The van der Waals surface area contributed by atoms with Crippen LogP contribution in [0.2, 0.25) is 0 Å². The van der Waals surface area contributed by atoms with E-state index in [9.17, 15) is 0 Å². The van der Waals surface area contributed by atoms with Gasteiger partial charge in [-0.1, -0.05) is 54.0 Å². The minimum Gasteiger partial charge on any atom is -0.309 e. The van der Waals surface area contributed by atoms with E-state index < -0.39 is 0 Å². The van der Waals surface area contributed by atoms with Crippen LogP contribution in [0, 0.1) is 0 Å². The van der Waals surface area contributed by atoms with Gasteiger partial charge in [0.2, 0.25) is 0 Å². The summed E-state index contributed by atoms with van der Waals surface area (Å²) in [5, 5.41) is 3.59. The highest BCUT2D eigenvalue weighted by Gasteiger charge is 2.10. The van der Waals surface area contributed by atoms with Gasteiger partial charge in [-0.15, -0.1) is 11.8 Å². The van der Waals surface area contributed by atoms with Crippen molar-refractivity contribution in [2.45, 2.75) is 31.2 Å². The zero-order chi connectivity index (χ0) is 15.1. The summed E-state index contributed by atoms with van der Waals surface area (Å²) in [5.41, 5.74) is 2.77. The average Bonchev–Trinajstić information content (AvgIpc) is 2.53. The molecule has 0 saturated carbocycles. The second-order valence-corrected chi connectivity index (χ2v) is 6.98. The zero-order valence-electron chi connectivity index (χ0n) is 12.6. The van der Waals surface area contributed by atoms with Gasteiger partial charge in [-0.25, -0.2) is 0 Å². The Bertz CT molecular complexity index is 536. The number of aryl methyl sites for hydroxylation is 1. The first-order chi connectivity index (χ1) is 10.2. The molecule has 21 heavy (non-hydrogen) atoms. The topological polar surface area (TPSA) is 12.0 Å². The molecule has 1 nitrogen and oxygen atoms in total. The molecule has 0 aliphatic rings. The summed E-state index contributed by atoms with van der Waals surface area (Å²) in [6, 6.07) is 17.9. The molecule has 0 saturated heterocycles. The Hall–Kier alpha value is -0.770. The molecule has 1 N–H and O–H groups in total. The summed E-state index contributed by atoms with van der Waals surface area (Å²) < 4.78 is 1.13. The van der Waals surface area contributed by atoms with Crippen LogP contribution >= 0.6 is 27.7 Å². The Balaban J connectivity index is 2.02. The second kappa shape index (κ2) is 8.62. The largest absolute Gasteiger partial charge is 0.309 e. The van der Waals surface area contributed by atoms with E-state index in [1.54, 1.807) is 0 Å². The van der Waals surface area contributed by atoms with E-state index in [2.05, 4.69) is 83.6 Å². The first kappa shape index (κ1) is 16.6. The van der Waals surface area contributed by atoms with Crippen molar-refractivity contribution in [1.82, 2.24) is 5.32 Å². The SMILES string of the molecule is CCNC(CSc1ccc(Br)cc1)c1ccc(CC)cc1. The van der Waals surface area contributed by atoms with Gasteiger partial charge in [0.25, 0.3) is 0 Å². The van der Waals surface area contributed by atoms with Gasteiger partial charge in [0.05, 0.1) is 0 Å². The first-order valence-electron chi connectivity index (χ1n) is 7.43. The highest BCUT2D eigenvalue weighted by molar-refractivity contribution is 9.10. The molecular formula is C18H22BrNS. The fraction of sp³-hybridized carbons (Fsp3) is 0.333. The molecule has 0 fully saturated rings. The van der Waals surface area contributed by atoms with E-state index in [1.807, 2.05) is 11.8 Å². The molecule has 1 unspecified atom stereocenters. The highest BCUT2D eigenvalue weighted by atomic mass is 79.9. The Morgan fingerprint density at radius 2 is 1.67 bits per heavy atom. The van der Waals surface area contributed by atoms with Gasteiger partial charge in [0, 0.05) is 21.2 Å². The van der Waals surface area contributed by atoms with Crippen LogP contribution in [0.3, 0.4) is 0 Å². The summed E-state index contributed by atoms with van der Waals surface area (Å²) in [6.07, 6.45) is 1.10. The monoisotopic (exact) mass is 363 g/mol. The Morgan fingerprint density at radius 3 is 2.24 bits per heavy atom. The maximum absolute atomic E-state index is 3.59. The van der Waals surface area contributed by atoms with Gasteiger partial charge in [0.1, 0.15) is 0 Å². The molecule has 0 spiro atoms. The number of thioether (sulfide) groups is 1. The van der Waals surface area contributed by atoms with Crippen molar-refractivity contribution >= 4 is 27.7 Å². The molecule has 0 aliphatic carbocycles. The Morgan fingerprint density at radius 1 is 1.00 bits per heavy atom. The van der Waals surface area contributed by atoms with Crippen LogP contribution in [0.25, 0.3) is 0 Å². The van der Waals surface area contributed by atoms with E-state index in [1.165, 1.54) is 16.0 Å². The molecule has 0 radical (unpaired) electrons. The summed E-state index contributed by atoms with van der Waals surface area (Å²) >= 11 is 5.38. The summed E-state index contributed by atoms with van der Waals surface area (Å²) in [5.74, 6) is 1.04. The minimum atomic E-state index is 0.398. The van der Waals surface area contributed by atoms with Crippen LogP contribution < -0.4 is 5.32 Å². The molecule has 1 atom stereocenters. The molecule has 3 heteroatoms. The first-order valence-corrected chi connectivity index (χ1v) is 9.21. The van der Waals surface area contributed by atoms with Gasteiger partial charge in [-0.05, 0) is 48.4 Å². The normalized spacial score (nSPS) is 12.3. The lowest BCUT2D eigenvalue weighted by Gasteiger charge is -2.18. The molecule has 0 bridgehead atoms. The molecule has 0 aromatic heterocycles. The van der Waals surface area contributed by atoms with Crippen molar-refractivity contribution < 1.29 is 0 Å². The van der Waals surface area contributed by atoms with Crippen molar-refractivity contribution in [2.75, 3.05) is 12.3 Å². The number of hydrogen-bond donors (Lipinski definition) is 1. The molecule has 2 rings (SSSR count). The smallest absolute Gasteiger partial charge is 0.0415 e. The molecule has 112 valence electrons. The maximum Gasteiger partial charge on any atom is 0.0415 e. The quantitative estimate of drug-likeness (QED) is 0.655. The lowest BCUT2D eigenvalue weighted by molar-refractivity contribution is 0.606. The highest BCUT2D eigenvalue weighted by Crippen LogP contribution is 2.26. The van der Waals surface area contributed by atoms with Gasteiger partial charge >= 0.3 is 0 Å². The van der Waals surface area contributed by atoms with E-state index in [0.29, 0.717) is 6.04 Å². The predicted molar refractivity (Wildman–Crippen MR) is 97.1 cm³/mol. The Kier molecular flexibility index (Phi) is 6.81. The van der Waals surface area contributed by atoms with Crippen LogP contribution in [0.5, 0.6) is 0 Å². The molecule has 0 amide bonds. The van der Waals surface area contributed by atoms with Gasteiger partial charge in [-0.2, -0.15) is 0 Å². The number of hydrogen-bond acceptors (Lipinski definition) is 2. The fourth-order valence-corrected chi connectivity index (χ4v) is 3.48. The molecule has 0 heterocycles. The number of nitrogens with one attached hydrogen (secondary N) is 1. The van der Waals surface area contributed by atoms with Crippen molar-refractivity contribution in [3.63, 3.8) is 0 Å². The van der Waals surface area contributed by atoms with Crippen molar-refractivity contribution in [1.29, 1.82) is 0 Å². The third kappa shape index (κ3) is 5.17.